The van der Waals surface area contributed by atoms with Gasteiger partial charge < -0.3 is 11.1 Å². The molecule has 0 spiro atoms. The Balaban J connectivity index is 1.89. The van der Waals surface area contributed by atoms with Crippen LogP contribution in [0.2, 0.25) is 0 Å². The number of hydrogen-bond acceptors (Lipinski definition) is 6. The minimum absolute atomic E-state index is 0.126. The number of aromatic nitrogens is 2. The van der Waals surface area contributed by atoms with Crippen LogP contribution in [0.25, 0.3) is 11.0 Å². The largest absolute Gasteiger partial charge is 0.381 e. The molecule has 0 saturated carbocycles. The number of nitrogens with zero attached hydrogens (tertiary/aromatic N) is 2. The Bertz CT molecular complexity index is 745. The van der Waals surface area contributed by atoms with E-state index in [0.29, 0.717) is 18.1 Å². The Morgan fingerprint density at radius 2 is 1.90 bits per heavy atom. The van der Waals surface area contributed by atoms with Crippen molar-refractivity contribution in [2.45, 2.75) is 18.9 Å². The predicted octanol–water partition coefficient (Wildman–Crippen LogP) is 1.20. The van der Waals surface area contributed by atoms with Crippen LogP contribution in [-0.4, -0.2) is 35.9 Å². The number of rotatable bonds is 2. The zero-order valence-electron chi connectivity index (χ0n) is 10.9. The summed E-state index contributed by atoms with van der Waals surface area (Å²) in [6.45, 7) is 0. The lowest BCUT2D eigenvalue weighted by Gasteiger charge is -2.23. The van der Waals surface area contributed by atoms with Crippen molar-refractivity contribution >= 4 is 32.5 Å². The first-order chi connectivity index (χ1) is 9.53. The lowest BCUT2D eigenvalue weighted by atomic mass is 10.2. The van der Waals surface area contributed by atoms with Gasteiger partial charge >= 0.3 is 0 Å². The van der Waals surface area contributed by atoms with Crippen LogP contribution in [0.5, 0.6) is 0 Å². The van der Waals surface area contributed by atoms with Gasteiger partial charge in [0.1, 0.15) is 0 Å². The molecule has 1 aliphatic heterocycles. The zero-order valence-corrected chi connectivity index (χ0v) is 11.7. The minimum Gasteiger partial charge on any atom is -0.381 e. The van der Waals surface area contributed by atoms with Gasteiger partial charge in [-0.2, -0.15) is 0 Å². The summed E-state index contributed by atoms with van der Waals surface area (Å²) in [7, 11) is -2.96. The highest BCUT2D eigenvalue weighted by molar-refractivity contribution is 7.91. The summed E-state index contributed by atoms with van der Waals surface area (Å²) in [5, 5.41) is 3.12. The SMILES string of the molecule is Nc1nc2ccccc2nc1NC1CCCS(=O)(=O)C1. The fraction of sp³-hybridized carbons (Fsp3) is 0.385. The highest BCUT2D eigenvalue weighted by atomic mass is 32.2. The molecule has 3 N–H and O–H groups in total. The van der Waals surface area contributed by atoms with Crippen molar-refractivity contribution < 1.29 is 8.42 Å². The molecule has 106 valence electrons. The zero-order chi connectivity index (χ0) is 14.2. The third-order valence-corrected chi connectivity index (χ3v) is 5.22. The van der Waals surface area contributed by atoms with Gasteiger partial charge in [0.05, 0.1) is 22.5 Å². The Morgan fingerprint density at radius 1 is 1.20 bits per heavy atom. The summed E-state index contributed by atoms with van der Waals surface area (Å²) < 4.78 is 23.3. The number of nitrogens with two attached hydrogens (primary N) is 1. The average Bonchev–Trinajstić information content (AvgIpc) is 2.38. The smallest absolute Gasteiger partial charge is 0.169 e. The van der Waals surface area contributed by atoms with Gasteiger partial charge in [-0.15, -0.1) is 0 Å². The Labute approximate surface area is 117 Å². The van der Waals surface area contributed by atoms with Gasteiger partial charge in [-0.25, -0.2) is 18.4 Å². The molecule has 2 aromatic rings. The third kappa shape index (κ3) is 2.67. The first-order valence-electron chi connectivity index (χ1n) is 6.53. The number of hydrogen-bond donors (Lipinski definition) is 2. The molecule has 2 heterocycles. The van der Waals surface area contributed by atoms with Crippen LogP contribution in [-0.2, 0) is 9.84 Å². The molecule has 1 aromatic carbocycles. The molecule has 1 aromatic heterocycles. The fourth-order valence-corrected chi connectivity index (χ4v) is 4.09. The molecule has 0 amide bonds. The standard InChI is InChI=1S/C13H16N4O2S/c14-12-13(15-9-4-3-7-20(18,19)8-9)17-11-6-2-1-5-10(11)16-12/h1-2,5-6,9H,3-4,7-8H2,(H2,14,16)(H,15,17). The summed E-state index contributed by atoms with van der Waals surface area (Å²) >= 11 is 0. The van der Waals surface area contributed by atoms with Crippen LogP contribution in [0.1, 0.15) is 12.8 Å². The van der Waals surface area contributed by atoms with Crippen LogP contribution >= 0.6 is 0 Å². The molecule has 6 nitrogen and oxygen atoms in total. The number of fused-ring (bicyclic) bond motifs is 1. The molecule has 1 fully saturated rings. The molecule has 20 heavy (non-hydrogen) atoms. The van der Waals surface area contributed by atoms with E-state index in [0.717, 1.165) is 17.5 Å². The third-order valence-electron chi connectivity index (χ3n) is 3.40. The molecule has 1 saturated heterocycles. The van der Waals surface area contributed by atoms with E-state index in [1.165, 1.54) is 0 Å². The summed E-state index contributed by atoms with van der Waals surface area (Å²) in [6, 6.07) is 7.30. The monoisotopic (exact) mass is 292 g/mol. The fourth-order valence-electron chi connectivity index (χ4n) is 2.45. The second kappa shape index (κ2) is 4.90. The maximum atomic E-state index is 11.6. The number of benzene rings is 1. The minimum atomic E-state index is -2.96. The summed E-state index contributed by atoms with van der Waals surface area (Å²) in [5.74, 6) is 1.16. The van der Waals surface area contributed by atoms with Crippen molar-refractivity contribution in [3.05, 3.63) is 24.3 Å². The maximum absolute atomic E-state index is 11.6. The molecular formula is C13H16N4O2S. The van der Waals surface area contributed by atoms with Crippen molar-refractivity contribution in [1.29, 1.82) is 0 Å². The van der Waals surface area contributed by atoms with Gasteiger partial charge in [-0.3, -0.25) is 0 Å². The average molecular weight is 292 g/mol. The van der Waals surface area contributed by atoms with E-state index in [4.69, 9.17) is 5.73 Å². The Hall–Kier alpha value is -1.89. The highest BCUT2D eigenvalue weighted by Crippen LogP contribution is 2.22. The van der Waals surface area contributed by atoms with Gasteiger partial charge in [0, 0.05) is 6.04 Å². The van der Waals surface area contributed by atoms with Crippen molar-refractivity contribution in [1.82, 2.24) is 9.97 Å². The van der Waals surface area contributed by atoms with Crippen molar-refractivity contribution in [3.63, 3.8) is 0 Å². The molecule has 7 heteroatoms. The molecule has 1 atom stereocenters. The Morgan fingerprint density at radius 3 is 2.60 bits per heavy atom. The van der Waals surface area contributed by atoms with E-state index in [9.17, 15) is 8.42 Å². The molecule has 1 unspecified atom stereocenters. The number of sulfone groups is 1. The first-order valence-corrected chi connectivity index (χ1v) is 8.35. The van der Waals surface area contributed by atoms with Gasteiger partial charge in [-0.05, 0) is 25.0 Å². The lowest BCUT2D eigenvalue weighted by molar-refractivity contribution is 0.561. The van der Waals surface area contributed by atoms with E-state index in [2.05, 4.69) is 15.3 Å². The van der Waals surface area contributed by atoms with Crippen molar-refractivity contribution in [3.8, 4) is 0 Å². The highest BCUT2D eigenvalue weighted by Gasteiger charge is 2.25. The van der Waals surface area contributed by atoms with Gasteiger partial charge in [-0.1, -0.05) is 12.1 Å². The number of para-hydroxylation sites is 2. The summed E-state index contributed by atoms with van der Waals surface area (Å²) in [5.41, 5.74) is 7.35. The summed E-state index contributed by atoms with van der Waals surface area (Å²) in [6.07, 6.45) is 1.47. The molecule has 1 aliphatic rings. The predicted molar refractivity (Wildman–Crippen MR) is 79.2 cm³/mol. The topological polar surface area (TPSA) is 98.0 Å². The van der Waals surface area contributed by atoms with E-state index in [-0.39, 0.29) is 17.5 Å². The van der Waals surface area contributed by atoms with Crippen LogP contribution < -0.4 is 11.1 Å². The van der Waals surface area contributed by atoms with Crippen LogP contribution in [0, 0.1) is 0 Å². The number of anilines is 2. The van der Waals surface area contributed by atoms with Crippen molar-refractivity contribution in [2.75, 3.05) is 22.6 Å². The van der Waals surface area contributed by atoms with Gasteiger partial charge in [0.25, 0.3) is 0 Å². The van der Waals surface area contributed by atoms with Crippen LogP contribution in [0.15, 0.2) is 24.3 Å². The van der Waals surface area contributed by atoms with Crippen LogP contribution in [0.3, 0.4) is 0 Å². The van der Waals surface area contributed by atoms with E-state index >= 15 is 0 Å². The lowest BCUT2D eigenvalue weighted by Crippen LogP contribution is -2.35. The molecular weight excluding hydrogens is 276 g/mol. The summed E-state index contributed by atoms with van der Waals surface area (Å²) in [4.78, 5) is 8.70. The van der Waals surface area contributed by atoms with Gasteiger partial charge in [0.15, 0.2) is 21.5 Å². The molecule has 0 aliphatic carbocycles. The van der Waals surface area contributed by atoms with E-state index < -0.39 is 9.84 Å². The Kier molecular flexibility index (Phi) is 3.21. The quantitative estimate of drug-likeness (QED) is 0.863. The molecule has 3 rings (SSSR count). The van der Waals surface area contributed by atoms with Crippen molar-refractivity contribution in [2.24, 2.45) is 0 Å². The van der Waals surface area contributed by atoms with Gasteiger partial charge in [0.2, 0.25) is 0 Å². The van der Waals surface area contributed by atoms with Crippen LogP contribution in [0.4, 0.5) is 11.6 Å². The van der Waals surface area contributed by atoms with E-state index in [1.807, 2.05) is 24.3 Å². The van der Waals surface area contributed by atoms with E-state index in [1.54, 1.807) is 0 Å². The molecule has 0 bridgehead atoms. The first kappa shape index (κ1) is 13.1. The number of nitrogens with one attached hydrogen (secondary N) is 1. The molecule has 0 radical (unpaired) electrons. The normalized spacial score (nSPS) is 21.7. The second-order valence-electron chi connectivity index (χ2n) is 5.04. The second-order valence-corrected chi connectivity index (χ2v) is 7.27. The maximum Gasteiger partial charge on any atom is 0.169 e. The number of nitrogen functional groups attached to an aromatic ring is 1.